The van der Waals surface area contributed by atoms with Crippen LogP contribution in [0.1, 0.15) is 152 Å². The van der Waals surface area contributed by atoms with Crippen molar-refractivity contribution >= 4 is 42.4 Å². The predicted octanol–water partition coefficient (Wildman–Crippen LogP) is 6.74. The molecule has 1 radical (unpaired) electrons. The molecule has 23 heteroatoms. The topological polar surface area (TPSA) is 341 Å². The summed E-state index contributed by atoms with van der Waals surface area (Å²) >= 11 is 0. The maximum Gasteiger partial charge on any atom is 0.488 e. The number of carboxylic acid groups (broad SMARTS) is 3. The molecule has 0 atom stereocenters. The second kappa shape index (κ2) is 33.2. The number of rotatable bonds is 11. The smallest absolute Gasteiger partial charge is 0.481 e. The third-order valence-electron chi connectivity index (χ3n) is 8.80. The Kier molecular flexibility index (Phi) is 29.4. The van der Waals surface area contributed by atoms with Gasteiger partial charge in [-0.3, -0.25) is 14.7 Å². The van der Waals surface area contributed by atoms with Crippen LogP contribution in [-0.4, -0.2) is 105 Å². The van der Waals surface area contributed by atoms with Crippen molar-refractivity contribution in [2.24, 2.45) is 0 Å². The minimum atomic E-state index is -1.50. The van der Waals surface area contributed by atoms with Crippen LogP contribution in [0.25, 0.3) is 11.4 Å². The summed E-state index contributed by atoms with van der Waals surface area (Å²) < 4.78 is 12.8. The molecule has 0 amide bonds. The van der Waals surface area contributed by atoms with Crippen molar-refractivity contribution in [3.05, 3.63) is 142 Å². The number of nitrogens with one attached hydrogen (secondary N) is 1. The van der Waals surface area contributed by atoms with E-state index in [0.29, 0.717) is 69.7 Å². The van der Waals surface area contributed by atoms with Gasteiger partial charge in [0, 0.05) is 36.6 Å². The van der Waals surface area contributed by atoms with Crippen LogP contribution in [0.2, 0.25) is 0 Å². The molecule has 6 rings (SSSR count). The van der Waals surface area contributed by atoms with Crippen molar-refractivity contribution in [1.29, 1.82) is 15.8 Å². The summed E-state index contributed by atoms with van der Waals surface area (Å²) in [5.74, 6) is -2.82. The summed E-state index contributed by atoms with van der Waals surface area (Å²) in [6.07, 6.45) is 0. The van der Waals surface area contributed by atoms with E-state index < -0.39 is 31.0 Å². The number of hydrogen-bond acceptors (Lipinski definition) is 15. The van der Waals surface area contributed by atoms with Crippen LogP contribution >= 0.6 is 0 Å². The number of ether oxygens (including phenoxy) is 2. The number of esters is 2. The predicted molar refractivity (Wildman–Crippen MR) is 264 cm³/mol. The van der Waals surface area contributed by atoms with Gasteiger partial charge in [0.2, 0.25) is 0 Å². The Hall–Kier alpha value is -8.39. The fourth-order valence-corrected chi connectivity index (χ4v) is 5.38. The summed E-state index contributed by atoms with van der Waals surface area (Å²) in [6.45, 7) is 18.4. The van der Waals surface area contributed by atoms with Gasteiger partial charge in [0.1, 0.15) is 0 Å². The van der Waals surface area contributed by atoms with Gasteiger partial charge >= 0.3 is 25.0 Å². The van der Waals surface area contributed by atoms with Crippen LogP contribution in [0.5, 0.6) is 0 Å². The summed E-state index contributed by atoms with van der Waals surface area (Å²) in [5, 5.41) is 83.2. The van der Waals surface area contributed by atoms with E-state index in [2.05, 4.69) is 26.5 Å². The molecular formula is C50H58BCuN9O12. The maximum absolute atomic E-state index is 12.1. The van der Waals surface area contributed by atoms with Crippen molar-refractivity contribution in [2.75, 3.05) is 13.2 Å². The third-order valence-corrected chi connectivity index (χ3v) is 8.80. The molecule has 0 unspecified atom stereocenters. The number of H-pyrrole nitrogens is 1. The Morgan fingerprint density at radius 3 is 1.38 bits per heavy atom. The number of carboxylic acids is 3. The van der Waals surface area contributed by atoms with Crippen molar-refractivity contribution < 1.29 is 75.9 Å². The van der Waals surface area contributed by atoms with Crippen LogP contribution < -0.4 is 5.46 Å². The van der Waals surface area contributed by atoms with E-state index in [9.17, 15) is 19.5 Å². The molecule has 0 aliphatic heterocycles. The van der Waals surface area contributed by atoms with Gasteiger partial charge in [-0.2, -0.15) is 31.1 Å². The van der Waals surface area contributed by atoms with Gasteiger partial charge in [-0.05, 0) is 104 Å². The molecule has 0 aliphatic rings. The molecule has 21 nitrogen and oxygen atoms in total. The van der Waals surface area contributed by atoms with Crippen molar-refractivity contribution in [3.63, 3.8) is 0 Å². The van der Waals surface area contributed by atoms with Gasteiger partial charge in [-0.25, -0.2) is 23.7 Å². The number of aromatic nitrogens is 6. The minimum absolute atomic E-state index is 0. The van der Waals surface area contributed by atoms with Crippen molar-refractivity contribution in [3.8, 4) is 29.6 Å². The van der Waals surface area contributed by atoms with E-state index >= 15 is 0 Å². The Bertz CT molecular complexity index is 2850. The monoisotopic (exact) mass is 1050 g/mol. The molecule has 3 aromatic carbocycles. The van der Waals surface area contributed by atoms with Crippen molar-refractivity contribution in [2.45, 2.75) is 87.0 Å². The normalized spacial score (nSPS) is 9.59. The molecule has 6 N–H and O–H groups in total. The van der Waals surface area contributed by atoms with E-state index in [0.717, 1.165) is 25.2 Å². The molecule has 0 bridgehead atoms. The molecular weight excluding hydrogens is 993 g/mol. The molecule has 6 aromatic rings. The average Bonchev–Trinajstić information content (AvgIpc) is 4.13. The van der Waals surface area contributed by atoms with Gasteiger partial charge in [0.15, 0.2) is 17.1 Å². The molecule has 0 aliphatic carbocycles. The number of nitriles is 3. The van der Waals surface area contributed by atoms with Gasteiger partial charge in [0.05, 0.1) is 70.9 Å². The van der Waals surface area contributed by atoms with E-state index in [1.54, 1.807) is 98.8 Å². The summed E-state index contributed by atoms with van der Waals surface area (Å²) in [7, 11) is -1.50. The summed E-state index contributed by atoms with van der Waals surface area (Å²) in [4.78, 5) is 52.5. The van der Waals surface area contributed by atoms with Crippen LogP contribution in [0, 0.1) is 34.0 Å². The SMILES string of the molecule is CC(=O)O.CC(=O)O.CC(C)c1cc(C(=O)O)n(-c2cccc(C#N)c2)n1.CCOC(=O)c1cc(C(C)C)[nH]n1.CCOC(=O)c1cc(C(C)C)nn1-c1cccc(C#N)c1.N#Cc1cccc(B(O)O)c1.[Cu]. The van der Waals surface area contributed by atoms with Crippen molar-refractivity contribution in [1.82, 2.24) is 29.8 Å². The first-order chi connectivity index (χ1) is 33.9. The Morgan fingerprint density at radius 1 is 0.616 bits per heavy atom. The zero-order valence-corrected chi connectivity index (χ0v) is 42.8. The molecule has 0 spiro atoms. The standard InChI is InChI=1S/C16H17N3O2.C14H13N3O2.C9H14N2O2.C7H6BNO2.2C2H4O2.Cu/c1-4-21-16(20)15-9-14(11(2)3)18-19(15)13-7-5-6-12(8-13)10-17;1-9(2)12-7-13(14(18)19)17(16-12)11-5-3-4-10(6-11)8-15;1-4-13-9(12)8-5-7(6(2)3)10-11-8;9-5-6-2-1-3-7(4-6)8(10)11;2*1-2(3)4;/h5-9,11H,4H2,1-3H3;3-7,9H,1-2H3,(H,18,19);5-6H,4H2,1-3H3,(H,10,11);1-4,10-11H;2*1H3,(H,3,4);. The molecule has 0 saturated carbocycles. The van der Waals surface area contributed by atoms with E-state index in [4.69, 9.17) is 55.1 Å². The summed E-state index contributed by atoms with van der Waals surface area (Å²) in [5.41, 5.74) is 6.27. The molecule has 0 saturated heterocycles. The minimum Gasteiger partial charge on any atom is -0.481 e. The number of hydrogen-bond donors (Lipinski definition) is 6. The molecule has 73 heavy (non-hydrogen) atoms. The van der Waals surface area contributed by atoms with Crippen LogP contribution in [0.3, 0.4) is 0 Å². The van der Waals surface area contributed by atoms with Gasteiger partial charge in [-0.1, -0.05) is 65.8 Å². The Labute approximate surface area is 433 Å². The molecule has 389 valence electrons. The fourth-order valence-electron chi connectivity index (χ4n) is 5.38. The fraction of sp³-hybridized carbons (Fsp3) is 0.300. The quantitative estimate of drug-likeness (QED) is 0.0578. The zero-order valence-electron chi connectivity index (χ0n) is 41.9. The Balaban J connectivity index is 0.000000918. The second-order valence-electron chi connectivity index (χ2n) is 15.6. The van der Waals surface area contributed by atoms with Gasteiger partial charge in [0.25, 0.3) is 11.9 Å². The van der Waals surface area contributed by atoms with E-state index in [1.165, 1.54) is 15.4 Å². The van der Waals surface area contributed by atoms with Crippen LogP contribution in [0.15, 0.2) is 91.0 Å². The number of carbonyl (C=O) groups excluding carboxylic acids is 2. The number of benzene rings is 3. The number of nitrogens with zero attached hydrogens (tertiary/aromatic N) is 8. The van der Waals surface area contributed by atoms with Gasteiger partial charge < -0.3 is 34.8 Å². The largest absolute Gasteiger partial charge is 0.488 e. The first kappa shape index (κ1) is 64.6. The number of aromatic carboxylic acids is 1. The zero-order chi connectivity index (χ0) is 54.7. The number of aromatic amines is 1. The molecule has 0 fully saturated rings. The third kappa shape index (κ3) is 22.9. The van der Waals surface area contributed by atoms with Gasteiger partial charge in [-0.15, -0.1) is 0 Å². The number of carbonyl (C=O) groups is 5. The first-order valence-corrected chi connectivity index (χ1v) is 22.0. The van der Waals surface area contributed by atoms with E-state index in [1.807, 2.05) is 53.7 Å². The molecule has 3 heterocycles. The van der Waals surface area contributed by atoms with Crippen LogP contribution in [0.4, 0.5) is 0 Å². The number of aliphatic carboxylic acids is 2. The molecule has 3 aromatic heterocycles. The van der Waals surface area contributed by atoms with Crippen LogP contribution in [-0.2, 0) is 36.1 Å². The Morgan fingerprint density at radius 2 is 1.01 bits per heavy atom. The second-order valence-corrected chi connectivity index (χ2v) is 15.6. The average molecular weight is 1050 g/mol. The summed E-state index contributed by atoms with van der Waals surface area (Å²) in [6, 6.07) is 30.9. The first-order valence-electron chi connectivity index (χ1n) is 22.0. The maximum atomic E-state index is 12.1. The van der Waals surface area contributed by atoms with E-state index in [-0.39, 0.29) is 40.6 Å².